The summed E-state index contributed by atoms with van der Waals surface area (Å²) in [5.41, 5.74) is 1.22. The van der Waals surface area contributed by atoms with Gasteiger partial charge in [-0.15, -0.1) is 0 Å². The quantitative estimate of drug-likeness (QED) is 0.860. The lowest BCUT2D eigenvalue weighted by atomic mass is 10.2. The van der Waals surface area contributed by atoms with Crippen LogP contribution in [0.15, 0.2) is 24.3 Å². The zero-order valence-corrected chi connectivity index (χ0v) is 13.8. The molecule has 4 nitrogen and oxygen atoms in total. The number of aliphatic hydroxyl groups is 1. The van der Waals surface area contributed by atoms with Crippen LogP contribution in [0.25, 0.3) is 0 Å². The molecular formula is C16H26ClN3O. The lowest BCUT2D eigenvalue weighted by Gasteiger charge is -2.34. The minimum atomic E-state index is -0.300. The molecule has 21 heavy (non-hydrogen) atoms. The molecule has 1 aromatic rings. The lowest BCUT2D eigenvalue weighted by molar-refractivity contribution is 0.0594. The Bertz CT molecular complexity index is 418. The first-order chi connectivity index (χ1) is 10.0. The summed E-state index contributed by atoms with van der Waals surface area (Å²) in [7, 11) is 4.19. The van der Waals surface area contributed by atoms with E-state index in [1.54, 1.807) is 0 Å². The maximum absolute atomic E-state index is 10.2. The van der Waals surface area contributed by atoms with E-state index >= 15 is 0 Å². The smallest absolute Gasteiger partial charge is 0.0793 e. The van der Waals surface area contributed by atoms with Crippen LogP contribution in [0.4, 0.5) is 0 Å². The van der Waals surface area contributed by atoms with Crippen molar-refractivity contribution in [2.45, 2.75) is 12.6 Å². The Hall–Kier alpha value is -0.650. The third kappa shape index (κ3) is 5.93. The highest BCUT2D eigenvalue weighted by molar-refractivity contribution is 6.30. The van der Waals surface area contributed by atoms with Gasteiger partial charge < -0.3 is 10.0 Å². The van der Waals surface area contributed by atoms with Crippen molar-refractivity contribution in [3.63, 3.8) is 0 Å². The largest absolute Gasteiger partial charge is 0.390 e. The van der Waals surface area contributed by atoms with Crippen molar-refractivity contribution in [3.05, 3.63) is 34.9 Å². The molecule has 0 radical (unpaired) electrons. The molecule has 0 bridgehead atoms. The molecule has 1 atom stereocenters. The van der Waals surface area contributed by atoms with Crippen molar-refractivity contribution in [2.24, 2.45) is 0 Å². The Balaban J connectivity index is 1.71. The molecular weight excluding hydrogens is 286 g/mol. The van der Waals surface area contributed by atoms with Crippen molar-refractivity contribution < 1.29 is 5.11 Å². The van der Waals surface area contributed by atoms with E-state index < -0.39 is 0 Å². The van der Waals surface area contributed by atoms with Crippen LogP contribution in [0.5, 0.6) is 0 Å². The Morgan fingerprint density at radius 3 is 2.43 bits per heavy atom. The average Bonchev–Trinajstić information content (AvgIpc) is 2.44. The Kier molecular flexibility index (Phi) is 6.45. The SMILES string of the molecule is CN1CCN(CC(O)CN(C)Cc2ccc(Cl)cc2)CC1. The van der Waals surface area contributed by atoms with E-state index in [0.717, 1.165) is 44.3 Å². The van der Waals surface area contributed by atoms with Crippen molar-refractivity contribution in [1.29, 1.82) is 0 Å². The Morgan fingerprint density at radius 1 is 1.19 bits per heavy atom. The van der Waals surface area contributed by atoms with Crippen LogP contribution in [0, 0.1) is 0 Å². The minimum Gasteiger partial charge on any atom is -0.390 e. The van der Waals surface area contributed by atoms with Gasteiger partial charge >= 0.3 is 0 Å². The van der Waals surface area contributed by atoms with Crippen molar-refractivity contribution in [3.8, 4) is 0 Å². The van der Waals surface area contributed by atoms with Gasteiger partial charge in [-0.1, -0.05) is 23.7 Å². The molecule has 5 heteroatoms. The van der Waals surface area contributed by atoms with Crippen LogP contribution in [-0.4, -0.2) is 79.3 Å². The summed E-state index contributed by atoms with van der Waals surface area (Å²) in [5, 5.41) is 11.0. The fourth-order valence-corrected chi connectivity index (χ4v) is 2.84. The molecule has 0 aliphatic carbocycles. The number of hydrogen-bond acceptors (Lipinski definition) is 4. The molecule has 1 N–H and O–H groups in total. The second-order valence-electron chi connectivity index (χ2n) is 6.08. The number of nitrogens with zero attached hydrogens (tertiary/aromatic N) is 3. The van der Waals surface area contributed by atoms with Crippen LogP contribution >= 0.6 is 11.6 Å². The minimum absolute atomic E-state index is 0.300. The van der Waals surface area contributed by atoms with Crippen LogP contribution in [0.1, 0.15) is 5.56 Å². The highest BCUT2D eigenvalue weighted by Crippen LogP contribution is 2.11. The predicted molar refractivity (Wildman–Crippen MR) is 87.7 cm³/mol. The number of likely N-dealkylation sites (N-methyl/N-ethyl adjacent to an activating group) is 2. The summed E-state index contributed by atoms with van der Waals surface area (Å²) in [5.74, 6) is 0. The molecule has 1 aromatic carbocycles. The maximum atomic E-state index is 10.2. The molecule has 1 saturated heterocycles. The highest BCUT2D eigenvalue weighted by atomic mass is 35.5. The first-order valence-corrected chi connectivity index (χ1v) is 7.92. The van der Waals surface area contributed by atoms with Crippen molar-refractivity contribution >= 4 is 11.6 Å². The van der Waals surface area contributed by atoms with Crippen LogP contribution in [0.3, 0.4) is 0 Å². The van der Waals surface area contributed by atoms with E-state index in [1.165, 1.54) is 5.56 Å². The lowest BCUT2D eigenvalue weighted by Crippen LogP contribution is -2.48. The zero-order chi connectivity index (χ0) is 15.2. The predicted octanol–water partition coefficient (Wildman–Crippen LogP) is 1.38. The highest BCUT2D eigenvalue weighted by Gasteiger charge is 2.17. The number of β-amino-alcohol motifs (C(OH)–C–C–N with tert-alkyl or cyclic N) is 1. The summed E-state index contributed by atoms with van der Waals surface area (Å²) < 4.78 is 0. The van der Waals surface area contributed by atoms with Crippen molar-refractivity contribution in [2.75, 3.05) is 53.4 Å². The van der Waals surface area contributed by atoms with Gasteiger partial charge in [0.15, 0.2) is 0 Å². The molecule has 1 unspecified atom stereocenters. The zero-order valence-electron chi connectivity index (χ0n) is 13.0. The molecule has 1 aliphatic rings. The molecule has 0 spiro atoms. The van der Waals surface area contributed by atoms with Crippen molar-refractivity contribution in [1.82, 2.24) is 14.7 Å². The molecule has 1 fully saturated rings. The Labute approximate surface area is 132 Å². The van der Waals surface area contributed by atoms with Crippen LogP contribution < -0.4 is 0 Å². The molecule has 1 aliphatic heterocycles. The molecule has 2 rings (SSSR count). The van der Waals surface area contributed by atoms with Gasteiger partial charge in [-0.05, 0) is 31.8 Å². The molecule has 0 aromatic heterocycles. The third-order valence-corrected chi connectivity index (χ3v) is 4.20. The number of hydrogen-bond donors (Lipinski definition) is 1. The summed E-state index contributed by atoms with van der Waals surface area (Å²) in [6.45, 7) is 6.56. The first kappa shape index (κ1) is 16.7. The van der Waals surface area contributed by atoms with Gasteiger partial charge in [0.05, 0.1) is 6.10 Å². The average molecular weight is 312 g/mol. The Morgan fingerprint density at radius 2 is 1.81 bits per heavy atom. The second-order valence-corrected chi connectivity index (χ2v) is 6.52. The van der Waals surface area contributed by atoms with E-state index in [4.69, 9.17) is 11.6 Å². The molecule has 118 valence electrons. The number of benzene rings is 1. The molecule has 0 saturated carbocycles. The summed E-state index contributed by atoms with van der Waals surface area (Å²) >= 11 is 5.89. The number of halogens is 1. The fourth-order valence-electron chi connectivity index (χ4n) is 2.71. The number of piperazine rings is 1. The maximum Gasteiger partial charge on any atom is 0.0793 e. The van der Waals surface area contributed by atoms with Crippen LogP contribution in [0.2, 0.25) is 5.02 Å². The fraction of sp³-hybridized carbons (Fsp3) is 0.625. The second kappa shape index (κ2) is 8.11. The molecule has 0 amide bonds. The van der Waals surface area contributed by atoms with Gasteiger partial charge in [-0.3, -0.25) is 9.80 Å². The first-order valence-electron chi connectivity index (χ1n) is 7.55. The monoisotopic (exact) mass is 311 g/mol. The van der Waals surface area contributed by atoms with Gasteiger partial charge in [0.2, 0.25) is 0 Å². The van der Waals surface area contributed by atoms with Gasteiger partial charge in [-0.2, -0.15) is 0 Å². The van der Waals surface area contributed by atoms with Gasteiger partial charge in [0.1, 0.15) is 0 Å². The third-order valence-electron chi connectivity index (χ3n) is 3.95. The summed E-state index contributed by atoms with van der Waals surface area (Å²) in [6, 6.07) is 7.88. The van der Waals surface area contributed by atoms with Crippen LogP contribution in [-0.2, 0) is 6.54 Å². The van der Waals surface area contributed by atoms with Gasteiger partial charge in [0, 0.05) is 50.8 Å². The van der Waals surface area contributed by atoms with E-state index in [2.05, 4.69) is 21.7 Å². The van der Waals surface area contributed by atoms with E-state index in [9.17, 15) is 5.11 Å². The van der Waals surface area contributed by atoms with Gasteiger partial charge in [0.25, 0.3) is 0 Å². The standard InChI is InChI=1S/C16H26ClN3O/c1-18-7-9-20(10-8-18)13-16(21)12-19(2)11-14-3-5-15(17)6-4-14/h3-6,16,21H,7-13H2,1-2H3. The van der Waals surface area contributed by atoms with Gasteiger partial charge in [-0.25, -0.2) is 0 Å². The van der Waals surface area contributed by atoms with E-state index in [-0.39, 0.29) is 6.10 Å². The van der Waals surface area contributed by atoms with E-state index in [1.807, 2.05) is 31.3 Å². The summed E-state index contributed by atoms with van der Waals surface area (Å²) in [4.78, 5) is 6.83. The molecule has 1 heterocycles. The summed E-state index contributed by atoms with van der Waals surface area (Å²) in [6.07, 6.45) is -0.300. The normalized spacial score (nSPS) is 19.1. The number of aliphatic hydroxyl groups excluding tert-OH is 1. The number of rotatable bonds is 6. The van der Waals surface area contributed by atoms with E-state index in [0.29, 0.717) is 6.54 Å². The topological polar surface area (TPSA) is 30.0 Å².